The zero-order chi connectivity index (χ0) is 16.3. The molecule has 1 rings (SSSR count). The van der Waals surface area contributed by atoms with E-state index in [-0.39, 0.29) is 18.4 Å². The molecule has 0 aliphatic carbocycles. The Morgan fingerprint density at radius 1 is 1.14 bits per heavy atom. The van der Waals surface area contributed by atoms with E-state index in [4.69, 9.17) is 4.74 Å². The fourth-order valence-corrected chi connectivity index (χ4v) is 1.85. The summed E-state index contributed by atoms with van der Waals surface area (Å²) in [6, 6.07) is 5.68. The van der Waals surface area contributed by atoms with Crippen molar-refractivity contribution in [1.29, 1.82) is 0 Å². The van der Waals surface area contributed by atoms with Crippen LogP contribution in [-0.4, -0.2) is 25.8 Å². The van der Waals surface area contributed by atoms with E-state index in [1.54, 1.807) is 6.07 Å². The molecular formula is C16H27ClF3NO. The van der Waals surface area contributed by atoms with E-state index < -0.39 is 11.7 Å². The maximum Gasteiger partial charge on any atom is 0.416 e. The Balaban J connectivity index is 0. The topological polar surface area (TPSA) is 21.3 Å². The van der Waals surface area contributed by atoms with Crippen LogP contribution < -0.4 is 5.32 Å². The summed E-state index contributed by atoms with van der Waals surface area (Å²) in [5.74, 6) is 0. The van der Waals surface area contributed by atoms with Crippen LogP contribution in [0.25, 0.3) is 0 Å². The van der Waals surface area contributed by atoms with E-state index in [1.807, 2.05) is 27.7 Å². The molecule has 6 heteroatoms. The van der Waals surface area contributed by atoms with Crippen LogP contribution in [0, 0.1) is 0 Å². The monoisotopic (exact) mass is 341 g/mol. The summed E-state index contributed by atoms with van der Waals surface area (Å²) in [6.45, 7) is 10.4. The third-order valence-corrected chi connectivity index (χ3v) is 2.76. The standard InChI is InChI=1S/C12H16F3N.C4H10O.ClH/c1-3-16-9(2)7-10-5-4-6-11(8-10)12(13,14)15;1-3-5-4-2;/h4-6,8-9,16H,3,7H2,1-2H3;3-4H2,1-2H3;1H. The number of halogens is 4. The van der Waals surface area contributed by atoms with Crippen molar-refractivity contribution in [3.63, 3.8) is 0 Å². The summed E-state index contributed by atoms with van der Waals surface area (Å²) in [7, 11) is 0. The number of rotatable bonds is 6. The van der Waals surface area contributed by atoms with Crippen molar-refractivity contribution >= 4 is 12.4 Å². The van der Waals surface area contributed by atoms with Crippen molar-refractivity contribution in [1.82, 2.24) is 5.32 Å². The number of likely N-dealkylation sites (N-methyl/N-ethyl adjacent to an activating group) is 1. The van der Waals surface area contributed by atoms with Gasteiger partial charge in [0.15, 0.2) is 0 Å². The van der Waals surface area contributed by atoms with Crippen LogP contribution in [-0.2, 0) is 17.3 Å². The maximum atomic E-state index is 12.4. The first-order chi connectivity index (χ1) is 9.85. The zero-order valence-corrected chi connectivity index (χ0v) is 14.5. The highest BCUT2D eigenvalue weighted by molar-refractivity contribution is 5.85. The SMILES string of the molecule is CCNC(C)Cc1cccc(C(F)(F)F)c1.CCOCC.Cl. The molecule has 1 unspecified atom stereocenters. The molecule has 0 heterocycles. The zero-order valence-electron chi connectivity index (χ0n) is 13.7. The molecule has 0 aromatic heterocycles. The Hall–Kier alpha value is -0.780. The van der Waals surface area contributed by atoms with Crippen LogP contribution in [0.5, 0.6) is 0 Å². The van der Waals surface area contributed by atoms with Gasteiger partial charge < -0.3 is 10.1 Å². The van der Waals surface area contributed by atoms with Crippen LogP contribution in [0.3, 0.4) is 0 Å². The third-order valence-electron chi connectivity index (χ3n) is 2.76. The van der Waals surface area contributed by atoms with Crippen LogP contribution in [0.2, 0.25) is 0 Å². The molecule has 1 atom stereocenters. The van der Waals surface area contributed by atoms with Crippen LogP contribution in [0.1, 0.15) is 38.8 Å². The molecular weight excluding hydrogens is 315 g/mol. The van der Waals surface area contributed by atoms with Crippen LogP contribution in [0.15, 0.2) is 24.3 Å². The fourth-order valence-electron chi connectivity index (χ4n) is 1.85. The summed E-state index contributed by atoms with van der Waals surface area (Å²) in [6.07, 6.45) is -3.64. The van der Waals surface area contributed by atoms with Gasteiger partial charge in [-0.3, -0.25) is 0 Å². The van der Waals surface area contributed by atoms with Crippen molar-refractivity contribution < 1.29 is 17.9 Å². The number of hydrogen-bond acceptors (Lipinski definition) is 2. The smallest absolute Gasteiger partial charge is 0.382 e. The summed E-state index contributed by atoms with van der Waals surface area (Å²) in [5, 5.41) is 3.17. The lowest BCUT2D eigenvalue weighted by Crippen LogP contribution is -2.27. The van der Waals surface area contributed by atoms with Gasteiger partial charge in [-0.25, -0.2) is 0 Å². The molecule has 0 saturated carbocycles. The maximum absolute atomic E-state index is 12.4. The molecule has 0 aliphatic heterocycles. The number of nitrogens with one attached hydrogen (secondary N) is 1. The molecule has 0 radical (unpaired) electrons. The molecule has 0 spiro atoms. The summed E-state index contributed by atoms with van der Waals surface area (Å²) < 4.78 is 42.1. The lowest BCUT2D eigenvalue weighted by Gasteiger charge is -2.13. The molecule has 0 aliphatic rings. The molecule has 2 nitrogen and oxygen atoms in total. The van der Waals surface area contributed by atoms with Crippen molar-refractivity contribution in [2.75, 3.05) is 19.8 Å². The Morgan fingerprint density at radius 3 is 2.14 bits per heavy atom. The molecule has 0 bridgehead atoms. The van der Waals surface area contributed by atoms with Gasteiger partial charge in [-0.15, -0.1) is 12.4 Å². The summed E-state index contributed by atoms with van der Waals surface area (Å²) in [4.78, 5) is 0. The van der Waals surface area contributed by atoms with E-state index in [1.165, 1.54) is 12.1 Å². The summed E-state index contributed by atoms with van der Waals surface area (Å²) in [5.41, 5.74) is 0.136. The van der Waals surface area contributed by atoms with E-state index in [9.17, 15) is 13.2 Å². The highest BCUT2D eigenvalue weighted by atomic mass is 35.5. The molecule has 1 aromatic rings. The number of benzene rings is 1. The number of ether oxygens (including phenoxy) is 1. The minimum absolute atomic E-state index is 0. The van der Waals surface area contributed by atoms with E-state index in [0.29, 0.717) is 12.0 Å². The van der Waals surface area contributed by atoms with E-state index in [2.05, 4.69) is 5.32 Å². The average molecular weight is 342 g/mol. The van der Waals surface area contributed by atoms with Crippen molar-refractivity contribution in [2.45, 2.75) is 46.3 Å². The van der Waals surface area contributed by atoms with Crippen molar-refractivity contribution in [3.05, 3.63) is 35.4 Å². The molecule has 1 aromatic carbocycles. The highest BCUT2D eigenvalue weighted by Crippen LogP contribution is 2.29. The predicted octanol–water partition coefficient (Wildman–Crippen LogP) is 4.71. The van der Waals surface area contributed by atoms with Gasteiger partial charge in [-0.2, -0.15) is 13.2 Å². The normalized spacial score (nSPS) is 12.0. The lowest BCUT2D eigenvalue weighted by atomic mass is 10.0. The Bertz CT molecular complexity index is 384. The largest absolute Gasteiger partial charge is 0.416 e. The Morgan fingerprint density at radius 2 is 1.73 bits per heavy atom. The fraction of sp³-hybridized carbons (Fsp3) is 0.625. The minimum atomic E-state index is -4.25. The highest BCUT2D eigenvalue weighted by Gasteiger charge is 2.30. The molecule has 22 heavy (non-hydrogen) atoms. The van der Waals surface area contributed by atoms with Crippen molar-refractivity contribution in [3.8, 4) is 0 Å². The molecule has 1 N–H and O–H groups in total. The number of hydrogen-bond donors (Lipinski definition) is 1. The van der Waals surface area contributed by atoms with E-state index in [0.717, 1.165) is 25.8 Å². The van der Waals surface area contributed by atoms with Gasteiger partial charge in [-0.05, 0) is 45.4 Å². The third kappa shape index (κ3) is 10.9. The first kappa shape index (κ1) is 23.5. The Kier molecular flexibility index (Phi) is 13.6. The molecule has 130 valence electrons. The average Bonchev–Trinajstić information content (AvgIpc) is 2.40. The van der Waals surface area contributed by atoms with Crippen LogP contribution >= 0.6 is 12.4 Å². The quantitative estimate of drug-likeness (QED) is 0.809. The van der Waals surface area contributed by atoms with Gasteiger partial charge in [0.05, 0.1) is 5.56 Å². The van der Waals surface area contributed by atoms with Gasteiger partial charge in [0.2, 0.25) is 0 Å². The summed E-state index contributed by atoms with van der Waals surface area (Å²) >= 11 is 0. The predicted molar refractivity (Wildman–Crippen MR) is 87.7 cm³/mol. The van der Waals surface area contributed by atoms with Gasteiger partial charge in [0.25, 0.3) is 0 Å². The molecule has 0 amide bonds. The van der Waals surface area contributed by atoms with Gasteiger partial charge in [0.1, 0.15) is 0 Å². The molecule has 0 saturated heterocycles. The van der Waals surface area contributed by atoms with Gasteiger partial charge >= 0.3 is 6.18 Å². The second kappa shape index (κ2) is 12.7. The first-order valence-corrected chi connectivity index (χ1v) is 7.32. The van der Waals surface area contributed by atoms with Gasteiger partial charge in [0, 0.05) is 19.3 Å². The lowest BCUT2D eigenvalue weighted by molar-refractivity contribution is -0.137. The minimum Gasteiger partial charge on any atom is -0.382 e. The first-order valence-electron chi connectivity index (χ1n) is 7.32. The Labute approximate surface area is 137 Å². The van der Waals surface area contributed by atoms with E-state index >= 15 is 0 Å². The number of alkyl halides is 3. The second-order valence-electron chi connectivity index (χ2n) is 4.64. The molecule has 0 fully saturated rings. The van der Waals surface area contributed by atoms with Crippen molar-refractivity contribution in [2.24, 2.45) is 0 Å². The second-order valence-corrected chi connectivity index (χ2v) is 4.64. The van der Waals surface area contributed by atoms with Crippen LogP contribution in [0.4, 0.5) is 13.2 Å². The van der Waals surface area contributed by atoms with Gasteiger partial charge in [-0.1, -0.05) is 25.1 Å².